The van der Waals surface area contributed by atoms with Crippen LogP contribution in [0.25, 0.3) is 0 Å². The molecule has 0 saturated heterocycles. The summed E-state index contributed by atoms with van der Waals surface area (Å²) in [5.74, 6) is 0. The quantitative estimate of drug-likeness (QED) is 0.809. The maximum Gasteiger partial charge on any atom is 0.0540 e. The Morgan fingerprint density at radius 2 is 2.28 bits per heavy atom. The van der Waals surface area contributed by atoms with Crippen LogP contribution in [0.5, 0.6) is 0 Å². The highest BCUT2D eigenvalue weighted by Gasteiger charge is 2.21. The molecule has 2 rings (SSSR count). The molecule has 1 aliphatic rings. The first-order valence-corrected chi connectivity index (χ1v) is 7.15. The molecule has 0 radical (unpaired) electrons. The molecule has 18 heavy (non-hydrogen) atoms. The van der Waals surface area contributed by atoms with Gasteiger partial charge in [-0.2, -0.15) is 5.10 Å². The molecule has 0 saturated carbocycles. The minimum Gasteiger partial charge on any atom is -0.310 e. The molecule has 1 aliphatic carbocycles. The fourth-order valence-electron chi connectivity index (χ4n) is 2.73. The molecule has 0 amide bonds. The molecule has 4 heteroatoms. The fraction of sp³-hybridized carbons (Fsp3) is 0.786. The first kappa shape index (κ1) is 13.6. The Kier molecular flexibility index (Phi) is 4.78. The van der Waals surface area contributed by atoms with Gasteiger partial charge in [-0.15, -0.1) is 0 Å². The van der Waals surface area contributed by atoms with Crippen molar-refractivity contribution in [2.45, 2.75) is 45.2 Å². The zero-order valence-electron chi connectivity index (χ0n) is 11.9. The minimum absolute atomic E-state index is 0.514. The SMILES string of the molecule is CCNC1CCCCc2c1cnn2CCN(C)C. The van der Waals surface area contributed by atoms with E-state index in [2.05, 4.69) is 47.2 Å². The van der Waals surface area contributed by atoms with Crippen LogP contribution in [0.1, 0.15) is 43.5 Å². The number of fused-ring (bicyclic) bond motifs is 1. The van der Waals surface area contributed by atoms with Gasteiger partial charge in [0.1, 0.15) is 0 Å². The number of aromatic nitrogens is 2. The van der Waals surface area contributed by atoms with E-state index in [1.807, 2.05) is 0 Å². The zero-order chi connectivity index (χ0) is 13.0. The van der Waals surface area contributed by atoms with Crippen molar-refractivity contribution in [2.24, 2.45) is 0 Å². The van der Waals surface area contributed by atoms with Crippen LogP contribution in [-0.2, 0) is 13.0 Å². The van der Waals surface area contributed by atoms with Gasteiger partial charge in [0.25, 0.3) is 0 Å². The smallest absolute Gasteiger partial charge is 0.0540 e. The number of rotatable bonds is 5. The van der Waals surface area contributed by atoms with Crippen molar-refractivity contribution in [1.29, 1.82) is 0 Å². The van der Waals surface area contributed by atoms with Gasteiger partial charge in [0.05, 0.1) is 12.7 Å². The third-order valence-corrected chi connectivity index (χ3v) is 3.72. The van der Waals surface area contributed by atoms with Crippen LogP contribution in [0.15, 0.2) is 6.20 Å². The second-order valence-corrected chi connectivity index (χ2v) is 5.43. The number of nitrogens with one attached hydrogen (secondary N) is 1. The Bertz CT molecular complexity index is 370. The van der Waals surface area contributed by atoms with E-state index in [0.717, 1.165) is 19.6 Å². The van der Waals surface area contributed by atoms with Crippen molar-refractivity contribution in [1.82, 2.24) is 20.0 Å². The summed E-state index contributed by atoms with van der Waals surface area (Å²) in [6.45, 7) is 5.27. The Balaban J connectivity index is 2.15. The fourth-order valence-corrected chi connectivity index (χ4v) is 2.73. The number of nitrogens with zero attached hydrogens (tertiary/aromatic N) is 3. The van der Waals surface area contributed by atoms with Crippen LogP contribution in [0.2, 0.25) is 0 Å². The summed E-state index contributed by atoms with van der Waals surface area (Å²) in [6.07, 6.45) is 7.14. The van der Waals surface area contributed by atoms with E-state index < -0.39 is 0 Å². The topological polar surface area (TPSA) is 33.1 Å². The lowest BCUT2D eigenvalue weighted by Gasteiger charge is -2.16. The van der Waals surface area contributed by atoms with Crippen molar-refractivity contribution in [3.8, 4) is 0 Å². The van der Waals surface area contributed by atoms with Crippen molar-refractivity contribution in [2.75, 3.05) is 27.2 Å². The van der Waals surface area contributed by atoms with Gasteiger partial charge in [-0.1, -0.05) is 13.3 Å². The number of hydrogen-bond acceptors (Lipinski definition) is 3. The summed E-state index contributed by atoms with van der Waals surface area (Å²) in [5.41, 5.74) is 2.90. The van der Waals surface area contributed by atoms with Crippen molar-refractivity contribution < 1.29 is 0 Å². The molecule has 0 aliphatic heterocycles. The summed E-state index contributed by atoms with van der Waals surface area (Å²) >= 11 is 0. The summed E-state index contributed by atoms with van der Waals surface area (Å²) in [6, 6.07) is 0.514. The van der Waals surface area contributed by atoms with Crippen molar-refractivity contribution in [3.05, 3.63) is 17.5 Å². The molecule has 0 aromatic carbocycles. The van der Waals surface area contributed by atoms with Gasteiger partial charge >= 0.3 is 0 Å². The lowest BCUT2D eigenvalue weighted by molar-refractivity contribution is 0.369. The Morgan fingerprint density at radius 3 is 3.00 bits per heavy atom. The summed E-state index contributed by atoms with van der Waals surface area (Å²) < 4.78 is 2.21. The predicted molar refractivity (Wildman–Crippen MR) is 74.8 cm³/mol. The van der Waals surface area contributed by atoms with Crippen molar-refractivity contribution >= 4 is 0 Å². The van der Waals surface area contributed by atoms with Gasteiger partial charge in [0.2, 0.25) is 0 Å². The van der Waals surface area contributed by atoms with E-state index in [1.165, 1.54) is 36.9 Å². The van der Waals surface area contributed by atoms with E-state index in [9.17, 15) is 0 Å². The van der Waals surface area contributed by atoms with Crippen LogP contribution in [0, 0.1) is 0 Å². The first-order chi connectivity index (χ1) is 8.72. The maximum atomic E-state index is 4.59. The normalized spacial score (nSPS) is 19.9. The molecule has 1 N–H and O–H groups in total. The molecule has 0 fully saturated rings. The molecule has 102 valence electrons. The Labute approximate surface area is 110 Å². The number of likely N-dealkylation sites (N-methyl/N-ethyl adjacent to an activating group) is 1. The van der Waals surface area contributed by atoms with Gasteiger partial charge < -0.3 is 10.2 Å². The summed E-state index contributed by atoms with van der Waals surface area (Å²) in [5, 5.41) is 8.19. The largest absolute Gasteiger partial charge is 0.310 e. The molecule has 1 aromatic rings. The molecule has 0 bridgehead atoms. The Hall–Kier alpha value is -0.870. The van der Waals surface area contributed by atoms with Crippen LogP contribution >= 0.6 is 0 Å². The van der Waals surface area contributed by atoms with E-state index in [4.69, 9.17) is 0 Å². The van der Waals surface area contributed by atoms with Gasteiger partial charge in [-0.25, -0.2) is 0 Å². The van der Waals surface area contributed by atoms with Gasteiger partial charge in [-0.05, 0) is 39.9 Å². The van der Waals surface area contributed by atoms with E-state index in [-0.39, 0.29) is 0 Å². The van der Waals surface area contributed by atoms with Gasteiger partial charge in [0, 0.05) is 23.8 Å². The van der Waals surface area contributed by atoms with Crippen molar-refractivity contribution in [3.63, 3.8) is 0 Å². The van der Waals surface area contributed by atoms with E-state index >= 15 is 0 Å². The monoisotopic (exact) mass is 250 g/mol. The zero-order valence-corrected chi connectivity index (χ0v) is 11.9. The number of hydrogen-bond donors (Lipinski definition) is 1. The Morgan fingerprint density at radius 1 is 1.44 bits per heavy atom. The standard InChI is InChI=1S/C14H26N4/c1-4-15-13-7-5-6-8-14-12(13)11-16-18(14)10-9-17(2)3/h11,13,15H,4-10H2,1-3H3. The van der Waals surface area contributed by atoms with Crippen LogP contribution in [-0.4, -0.2) is 41.9 Å². The predicted octanol–water partition coefficient (Wildman–Crippen LogP) is 1.82. The average molecular weight is 250 g/mol. The molecule has 1 heterocycles. The molecular weight excluding hydrogens is 224 g/mol. The molecule has 0 spiro atoms. The molecule has 1 unspecified atom stereocenters. The second kappa shape index (κ2) is 6.34. The van der Waals surface area contributed by atoms with Crippen LogP contribution in [0.4, 0.5) is 0 Å². The van der Waals surface area contributed by atoms with Gasteiger partial charge in [0.15, 0.2) is 0 Å². The first-order valence-electron chi connectivity index (χ1n) is 7.15. The second-order valence-electron chi connectivity index (χ2n) is 5.43. The van der Waals surface area contributed by atoms with Crippen LogP contribution in [0.3, 0.4) is 0 Å². The summed E-state index contributed by atoms with van der Waals surface area (Å²) in [7, 11) is 4.23. The molecule has 1 atom stereocenters. The maximum absolute atomic E-state index is 4.59. The highest BCUT2D eigenvalue weighted by molar-refractivity contribution is 5.23. The van der Waals surface area contributed by atoms with Gasteiger partial charge in [-0.3, -0.25) is 4.68 Å². The third kappa shape index (κ3) is 3.12. The average Bonchev–Trinajstić information content (AvgIpc) is 2.63. The highest BCUT2D eigenvalue weighted by Crippen LogP contribution is 2.28. The molecule has 4 nitrogen and oxygen atoms in total. The molecular formula is C14H26N4. The minimum atomic E-state index is 0.514. The lowest BCUT2D eigenvalue weighted by Crippen LogP contribution is -2.22. The highest BCUT2D eigenvalue weighted by atomic mass is 15.3. The van der Waals surface area contributed by atoms with E-state index in [0.29, 0.717) is 6.04 Å². The van der Waals surface area contributed by atoms with E-state index in [1.54, 1.807) is 0 Å². The van der Waals surface area contributed by atoms with Crippen LogP contribution < -0.4 is 5.32 Å². The third-order valence-electron chi connectivity index (χ3n) is 3.72. The molecule has 1 aromatic heterocycles. The lowest BCUT2D eigenvalue weighted by atomic mass is 10.1. The summed E-state index contributed by atoms with van der Waals surface area (Å²) in [4.78, 5) is 2.21.